The van der Waals surface area contributed by atoms with Crippen molar-refractivity contribution in [3.8, 4) is 0 Å². The Balaban J connectivity index is 1.89. The summed E-state index contributed by atoms with van der Waals surface area (Å²) in [6.07, 6.45) is 1.20. The first-order chi connectivity index (χ1) is 8.16. The molecule has 17 heavy (non-hydrogen) atoms. The summed E-state index contributed by atoms with van der Waals surface area (Å²) in [6.45, 7) is 0.805. The van der Waals surface area contributed by atoms with Crippen molar-refractivity contribution >= 4 is 5.91 Å². The van der Waals surface area contributed by atoms with Gasteiger partial charge in [0.25, 0.3) is 0 Å². The monoisotopic (exact) mass is 240 g/mol. The van der Waals surface area contributed by atoms with E-state index < -0.39 is 11.6 Å². The van der Waals surface area contributed by atoms with Gasteiger partial charge in [-0.1, -0.05) is 12.1 Å². The molecule has 1 aromatic rings. The van der Waals surface area contributed by atoms with E-state index in [1.807, 2.05) is 0 Å². The molecule has 5 heteroatoms. The van der Waals surface area contributed by atoms with E-state index in [2.05, 4.69) is 10.6 Å². The average Bonchev–Trinajstić information content (AvgIpc) is 2.33. The summed E-state index contributed by atoms with van der Waals surface area (Å²) in [6, 6.07) is 4.25. The molecule has 0 saturated carbocycles. The predicted molar refractivity (Wildman–Crippen MR) is 59.2 cm³/mol. The highest BCUT2D eigenvalue weighted by Gasteiger charge is 2.17. The zero-order valence-electron chi connectivity index (χ0n) is 9.30. The maximum atomic E-state index is 13.3. The molecule has 1 aliphatic heterocycles. The number of amides is 1. The van der Waals surface area contributed by atoms with Gasteiger partial charge >= 0.3 is 0 Å². The predicted octanol–water partition coefficient (Wildman–Crippen LogP) is 1.33. The minimum atomic E-state index is -0.832. The van der Waals surface area contributed by atoms with Gasteiger partial charge in [-0.25, -0.2) is 8.78 Å². The Morgan fingerprint density at radius 3 is 2.94 bits per heavy atom. The number of benzene rings is 1. The lowest BCUT2D eigenvalue weighted by atomic mass is 10.1. The third-order valence-corrected chi connectivity index (χ3v) is 2.88. The van der Waals surface area contributed by atoms with Crippen LogP contribution in [0.3, 0.4) is 0 Å². The Kier molecular flexibility index (Phi) is 3.68. The van der Waals surface area contributed by atoms with Crippen molar-refractivity contribution in [1.82, 2.24) is 10.6 Å². The fourth-order valence-electron chi connectivity index (χ4n) is 1.85. The zero-order chi connectivity index (χ0) is 12.3. The molecule has 1 heterocycles. The van der Waals surface area contributed by atoms with Gasteiger partial charge in [-0.2, -0.15) is 0 Å². The third-order valence-electron chi connectivity index (χ3n) is 2.88. The number of nitrogens with one attached hydrogen (secondary N) is 2. The Hall–Kier alpha value is -1.49. The van der Waals surface area contributed by atoms with Crippen LogP contribution in [0.25, 0.3) is 0 Å². The fourth-order valence-corrected chi connectivity index (χ4v) is 1.85. The second-order valence-corrected chi connectivity index (χ2v) is 4.13. The minimum Gasteiger partial charge on any atom is -0.355 e. The summed E-state index contributed by atoms with van der Waals surface area (Å²) in [4.78, 5) is 10.9. The van der Waals surface area contributed by atoms with Crippen LogP contribution in [-0.4, -0.2) is 18.5 Å². The highest BCUT2D eigenvalue weighted by atomic mass is 19.2. The van der Waals surface area contributed by atoms with Crippen molar-refractivity contribution in [2.75, 3.05) is 6.54 Å². The Morgan fingerprint density at radius 2 is 2.24 bits per heavy atom. The van der Waals surface area contributed by atoms with Crippen LogP contribution in [0.2, 0.25) is 0 Å². The first-order valence-corrected chi connectivity index (χ1v) is 5.60. The quantitative estimate of drug-likeness (QED) is 0.837. The van der Waals surface area contributed by atoms with E-state index in [0.29, 0.717) is 18.5 Å². The molecule has 0 bridgehead atoms. The van der Waals surface area contributed by atoms with Crippen LogP contribution in [0.4, 0.5) is 8.78 Å². The van der Waals surface area contributed by atoms with Crippen molar-refractivity contribution in [3.05, 3.63) is 35.4 Å². The van der Waals surface area contributed by atoms with Gasteiger partial charge in [-0.3, -0.25) is 4.79 Å². The summed E-state index contributed by atoms with van der Waals surface area (Å²) >= 11 is 0. The van der Waals surface area contributed by atoms with E-state index in [-0.39, 0.29) is 18.5 Å². The van der Waals surface area contributed by atoms with Crippen LogP contribution in [0.15, 0.2) is 18.2 Å². The van der Waals surface area contributed by atoms with E-state index in [0.717, 1.165) is 12.5 Å². The van der Waals surface area contributed by atoms with Crippen LogP contribution in [-0.2, 0) is 11.3 Å². The molecule has 1 saturated heterocycles. The van der Waals surface area contributed by atoms with Crippen molar-refractivity contribution in [2.45, 2.75) is 25.4 Å². The van der Waals surface area contributed by atoms with E-state index in [4.69, 9.17) is 0 Å². The smallest absolute Gasteiger partial charge is 0.220 e. The molecule has 1 unspecified atom stereocenters. The molecule has 0 radical (unpaired) electrons. The van der Waals surface area contributed by atoms with Gasteiger partial charge in [-0.15, -0.1) is 0 Å². The van der Waals surface area contributed by atoms with Crippen LogP contribution in [0.5, 0.6) is 0 Å². The normalized spacial score (nSPS) is 20.1. The van der Waals surface area contributed by atoms with Gasteiger partial charge < -0.3 is 10.6 Å². The number of hydrogen-bond donors (Lipinski definition) is 2. The number of carbonyl (C=O) groups is 1. The topological polar surface area (TPSA) is 41.1 Å². The number of carbonyl (C=O) groups excluding carboxylic acids is 1. The lowest BCUT2D eigenvalue weighted by Crippen LogP contribution is -2.45. The maximum Gasteiger partial charge on any atom is 0.220 e. The molecular formula is C12H14F2N2O. The number of halogens is 2. The van der Waals surface area contributed by atoms with Gasteiger partial charge in [-0.05, 0) is 12.5 Å². The molecule has 1 aromatic carbocycles. The van der Waals surface area contributed by atoms with Crippen molar-refractivity contribution in [3.63, 3.8) is 0 Å². The second-order valence-electron chi connectivity index (χ2n) is 4.13. The van der Waals surface area contributed by atoms with E-state index in [1.54, 1.807) is 6.07 Å². The van der Waals surface area contributed by atoms with Crippen LogP contribution in [0.1, 0.15) is 18.4 Å². The van der Waals surface area contributed by atoms with Gasteiger partial charge in [0.2, 0.25) is 5.91 Å². The zero-order valence-corrected chi connectivity index (χ0v) is 9.30. The first kappa shape index (κ1) is 12.0. The molecule has 0 aromatic heterocycles. The number of piperidine rings is 1. The van der Waals surface area contributed by atoms with Crippen molar-refractivity contribution < 1.29 is 13.6 Å². The molecule has 92 valence electrons. The van der Waals surface area contributed by atoms with E-state index in [1.165, 1.54) is 6.07 Å². The molecule has 0 spiro atoms. The molecule has 1 amide bonds. The Morgan fingerprint density at radius 1 is 1.41 bits per heavy atom. The van der Waals surface area contributed by atoms with Gasteiger partial charge in [0, 0.05) is 31.1 Å². The summed E-state index contributed by atoms with van der Waals surface area (Å²) in [5, 5.41) is 5.83. The average molecular weight is 240 g/mol. The van der Waals surface area contributed by atoms with E-state index >= 15 is 0 Å². The van der Waals surface area contributed by atoms with Crippen molar-refractivity contribution in [1.29, 1.82) is 0 Å². The summed E-state index contributed by atoms with van der Waals surface area (Å²) in [7, 11) is 0. The van der Waals surface area contributed by atoms with Crippen molar-refractivity contribution in [2.24, 2.45) is 0 Å². The highest BCUT2D eigenvalue weighted by molar-refractivity contribution is 5.76. The highest BCUT2D eigenvalue weighted by Crippen LogP contribution is 2.12. The van der Waals surface area contributed by atoms with Crippen LogP contribution < -0.4 is 10.6 Å². The molecule has 1 aliphatic rings. The number of hydrogen-bond acceptors (Lipinski definition) is 2. The molecular weight excluding hydrogens is 226 g/mol. The summed E-state index contributed by atoms with van der Waals surface area (Å²) in [5.74, 6) is -1.60. The summed E-state index contributed by atoms with van der Waals surface area (Å²) < 4.78 is 26.3. The standard InChI is InChI=1S/C12H14F2N2O/c13-10-3-1-2-8(12(10)14)6-15-9-4-5-11(17)16-7-9/h1-3,9,15H,4-7H2,(H,16,17). The number of rotatable bonds is 3. The lowest BCUT2D eigenvalue weighted by molar-refractivity contribution is -0.122. The largest absolute Gasteiger partial charge is 0.355 e. The first-order valence-electron chi connectivity index (χ1n) is 5.60. The molecule has 2 N–H and O–H groups in total. The molecule has 3 nitrogen and oxygen atoms in total. The molecule has 1 atom stereocenters. The molecule has 2 rings (SSSR count). The third kappa shape index (κ3) is 3.00. The second kappa shape index (κ2) is 5.23. The van der Waals surface area contributed by atoms with Gasteiger partial charge in [0.05, 0.1) is 0 Å². The minimum absolute atomic E-state index is 0.0417. The Labute approximate surface area is 98.2 Å². The fraction of sp³-hybridized carbons (Fsp3) is 0.417. The molecule has 0 aliphatic carbocycles. The lowest BCUT2D eigenvalue weighted by Gasteiger charge is -2.23. The maximum absolute atomic E-state index is 13.3. The van der Waals surface area contributed by atoms with E-state index in [9.17, 15) is 13.6 Å². The van der Waals surface area contributed by atoms with Crippen LogP contribution >= 0.6 is 0 Å². The van der Waals surface area contributed by atoms with Gasteiger partial charge in [0.15, 0.2) is 11.6 Å². The Bertz CT molecular complexity index is 413. The summed E-state index contributed by atoms with van der Waals surface area (Å²) in [5.41, 5.74) is 0.307. The molecule has 1 fully saturated rings. The van der Waals surface area contributed by atoms with Gasteiger partial charge in [0.1, 0.15) is 0 Å². The van der Waals surface area contributed by atoms with Crippen LogP contribution in [0, 0.1) is 11.6 Å². The SMILES string of the molecule is O=C1CCC(NCc2cccc(F)c2F)CN1.